The highest BCUT2D eigenvalue weighted by atomic mass is 16.5. The maximum atomic E-state index is 12.8. The van der Waals surface area contributed by atoms with Crippen LogP contribution in [0, 0.1) is 0 Å². The number of fused-ring (bicyclic) bond motifs is 3. The molecule has 0 radical (unpaired) electrons. The Kier molecular flexibility index (Phi) is 5.24. The number of nitrogens with zero attached hydrogens (tertiary/aromatic N) is 2. The largest absolute Gasteiger partial charge is 0.493 e. The molecule has 5 rings (SSSR count). The van der Waals surface area contributed by atoms with Crippen LogP contribution in [-0.2, 0) is 11.3 Å². The topological polar surface area (TPSA) is 95.6 Å². The van der Waals surface area contributed by atoms with Crippen LogP contribution in [0.3, 0.4) is 0 Å². The van der Waals surface area contributed by atoms with E-state index in [-0.39, 0.29) is 18.0 Å². The third kappa shape index (κ3) is 4.01. The molecular weight excluding hydrogens is 422 g/mol. The fourth-order valence-corrected chi connectivity index (χ4v) is 3.52. The fraction of sp³-hybridized carbons (Fsp3) is 0.0800. The van der Waals surface area contributed by atoms with E-state index in [1.807, 2.05) is 36.4 Å². The van der Waals surface area contributed by atoms with Crippen molar-refractivity contribution in [1.29, 1.82) is 0 Å². The van der Waals surface area contributed by atoms with Crippen molar-refractivity contribution in [3.8, 4) is 17.2 Å². The van der Waals surface area contributed by atoms with Gasteiger partial charge in [-0.25, -0.2) is 4.98 Å². The lowest BCUT2D eigenvalue weighted by molar-refractivity contribution is -0.116. The number of para-hydroxylation sites is 3. The van der Waals surface area contributed by atoms with E-state index in [9.17, 15) is 9.59 Å². The van der Waals surface area contributed by atoms with E-state index in [4.69, 9.17) is 13.9 Å². The lowest BCUT2D eigenvalue weighted by Gasteiger charge is -2.11. The number of aromatic nitrogens is 2. The summed E-state index contributed by atoms with van der Waals surface area (Å²) in [5, 5.41) is 3.53. The average molecular weight is 441 g/mol. The maximum absolute atomic E-state index is 12.8. The summed E-state index contributed by atoms with van der Waals surface area (Å²) in [6.45, 7) is -0.196. The van der Waals surface area contributed by atoms with Gasteiger partial charge in [-0.3, -0.25) is 14.2 Å². The predicted octanol–water partition coefficient (Wildman–Crippen LogP) is 4.58. The van der Waals surface area contributed by atoms with Crippen LogP contribution in [0.1, 0.15) is 0 Å². The van der Waals surface area contributed by atoms with E-state index in [1.54, 1.807) is 43.5 Å². The molecule has 0 aliphatic rings. The SMILES string of the molecule is COc1ccccc1Oc1ccc(NC(=O)Cn2cnc3c(oc4ccccc43)c2=O)cc1. The van der Waals surface area contributed by atoms with Crippen molar-refractivity contribution in [2.45, 2.75) is 6.54 Å². The first kappa shape index (κ1) is 20.3. The number of benzene rings is 3. The van der Waals surface area contributed by atoms with Gasteiger partial charge in [-0.05, 0) is 48.5 Å². The standard InChI is InChI=1S/C25H19N3O5/c1-31-20-8-4-5-9-21(20)32-17-12-10-16(11-13-17)27-22(29)14-28-15-26-23-18-6-2-3-7-19(18)33-24(23)25(28)30/h2-13,15H,14H2,1H3,(H,27,29). The van der Waals surface area contributed by atoms with Crippen LogP contribution in [0.15, 0.2) is 88.3 Å². The van der Waals surface area contributed by atoms with Crippen LogP contribution < -0.4 is 20.3 Å². The van der Waals surface area contributed by atoms with Crippen molar-refractivity contribution in [3.63, 3.8) is 0 Å². The van der Waals surface area contributed by atoms with Gasteiger partial charge >= 0.3 is 0 Å². The quantitative estimate of drug-likeness (QED) is 0.414. The van der Waals surface area contributed by atoms with E-state index in [0.717, 1.165) is 5.39 Å². The highest BCUT2D eigenvalue weighted by Gasteiger charge is 2.14. The summed E-state index contributed by atoms with van der Waals surface area (Å²) < 4.78 is 18.0. The van der Waals surface area contributed by atoms with Gasteiger partial charge in [0.25, 0.3) is 5.56 Å². The molecule has 0 fully saturated rings. The van der Waals surface area contributed by atoms with E-state index in [2.05, 4.69) is 10.3 Å². The third-order valence-electron chi connectivity index (χ3n) is 5.10. The Morgan fingerprint density at radius 1 is 1.00 bits per heavy atom. The fourth-order valence-electron chi connectivity index (χ4n) is 3.52. The second kappa shape index (κ2) is 8.51. The molecule has 8 heteroatoms. The Balaban J connectivity index is 1.29. The number of hydrogen-bond acceptors (Lipinski definition) is 6. The van der Waals surface area contributed by atoms with Crippen molar-refractivity contribution in [1.82, 2.24) is 9.55 Å². The molecule has 0 saturated carbocycles. The van der Waals surface area contributed by atoms with Gasteiger partial charge < -0.3 is 19.2 Å². The lowest BCUT2D eigenvalue weighted by Crippen LogP contribution is -2.27. The summed E-state index contributed by atoms with van der Waals surface area (Å²) in [5.41, 5.74) is 1.35. The molecule has 0 aliphatic heterocycles. The number of carbonyl (C=O) groups is 1. The molecule has 2 aromatic heterocycles. The number of carbonyl (C=O) groups excluding carboxylic acids is 1. The Morgan fingerprint density at radius 2 is 1.73 bits per heavy atom. The first-order valence-electron chi connectivity index (χ1n) is 10.2. The second-order valence-corrected chi connectivity index (χ2v) is 7.28. The van der Waals surface area contributed by atoms with Gasteiger partial charge in [-0.2, -0.15) is 0 Å². The molecule has 8 nitrogen and oxygen atoms in total. The molecule has 1 N–H and O–H groups in total. The Hall–Kier alpha value is -4.59. The molecule has 0 saturated heterocycles. The minimum absolute atomic E-state index is 0.129. The van der Waals surface area contributed by atoms with Crippen molar-refractivity contribution in [3.05, 3.63) is 89.5 Å². The predicted molar refractivity (Wildman–Crippen MR) is 124 cm³/mol. The van der Waals surface area contributed by atoms with Crippen LogP contribution in [-0.4, -0.2) is 22.6 Å². The van der Waals surface area contributed by atoms with E-state index < -0.39 is 5.56 Å². The molecule has 0 spiro atoms. The van der Waals surface area contributed by atoms with E-state index in [1.165, 1.54) is 10.9 Å². The Labute approximate surface area is 188 Å². The molecule has 0 bridgehead atoms. The van der Waals surface area contributed by atoms with Crippen LogP contribution in [0.4, 0.5) is 5.69 Å². The molecule has 0 aliphatic carbocycles. The number of rotatable bonds is 6. The minimum Gasteiger partial charge on any atom is -0.493 e. The van der Waals surface area contributed by atoms with Crippen molar-refractivity contribution >= 4 is 33.7 Å². The van der Waals surface area contributed by atoms with Gasteiger partial charge in [0.1, 0.15) is 23.4 Å². The molecule has 164 valence electrons. The number of amides is 1. The number of hydrogen-bond donors (Lipinski definition) is 1. The number of ether oxygens (including phenoxy) is 2. The minimum atomic E-state index is -0.410. The first-order chi connectivity index (χ1) is 16.1. The smallest absolute Gasteiger partial charge is 0.297 e. The molecule has 5 aromatic rings. The normalized spacial score (nSPS) is 10.9. The van der Waals surface area contributed by atoms with Crippen LogP contribution >= 0.6 is 0 Å². The average Bonchev–Trinajstić information content (AvgIpc) is 3.22. The van der Waals surface area contributed by atoms with Gasteiger partial charge in [0.05, 0.1) is 13.4 Å². The summed E-state index contributed by atoms with van der Waals surface area (Å²) in [6.07, 6.45) is 1.36. The summed E-state index contributed by atoms with van der Waals surface area (Å²) in [6, 6.07) is 21.5. The molecule has 0 atom stereocenters. The summed E-state index contributed by atoms with van der Waals surface area (Å²) >= 11 is 0. The van der Waals surface area contributed by atoms with Gasteiger partial charge in [-0.1, -0.05) is 24.3 Å². The highest BCUT2D eigenvalue weighted by molar-refractivity contribution is 6.01. The highest BCUT2D eigenvalue weighted by Crippen LogP contribution is 2.31. The Morgan fingerprint density at radius 3 is 2.52 bits per heavy atom. The molecule has 1 amide bonds. The van der Waals surface area contributed by atoms with Crippen molar-refractivity contribution < 1.29 is 18.7 Å². The monoisotopic (exact) mass is 441 g/mol. The van der Waals surface area contributed by atoms with Crippen LogP contribution in [0.2, 0.25) is 0 Å². The third-order valence-corrected chi connectivity index (χ3v) is 5.10. The number of methoxy groups -OCH3 is 1. The number of nitrogens with one attached hydrogen (secondary N) is 1. The van der Waals surface area contributed by atoms with E-state index in [0.29, 0.717) is 34.0 Å². The molecule has 33 heavy (non-hydrogen) atoms. The Bertz CT molecular complexity index is 1520. The lowest BCUT2D eigenvalue weighted by atomic mass is 10.2. The van der Waals surface area contributed by atoms with E-state index >= 15 is 0 Å². The van der Waals surface area contributed by atoms with Gasteiger partial charge in [0.2, 0.25) is 11.5 Å². The first-order valence-corrected chi connectivity index (χ1v) is 10.2. The number of furan rings is 1. The van der Waals surface area contributed by atoms with Gasteiger partial charge in [0, 0.05) is 11.1 Å². The van der Waals surface area contributed by atoms with Crippen molar-refractivity contribution in [2.24, 2.45) is 0 Å². The van der Waals surface area contributed by atoms with Crippen LogP contribution in [0.25, 0.3) is 22.1 Å². The zero-order valence-electron chi connectivity index (χ0n) is 17.6. The molecule has 3 aromatic carbocycles. The maximum Gasteiger partial charge on any atom is 0.297 e. The summed E-state index contributed by atoms with van der Waals surface area (Å²) in [5.74, 6) is 1.43. The molecule has 2 heterocycles. The summed E-state index contributed by atoms with van der Waals surface area (Å²) in [4.78, 5) is 29.6. The zero-order chi connectivity index (χ0) is 22.8. The van der Waals surface area contributed by atoms with Gasteiger partial charge in [0.15, 0.2) is 11.5 Å². The molecular formula is C25H19N3O5. The summed E-state index contributed by atoms with van der Waals surface area (Å²) in [7, 11) is 1.58. The molecule has 0 unspecified atom stereocenters. The second-order valence-electron chi connectivity index (χ2n) is 7.28. The van der Waals surface area contributed by atoms with Crippen LogP contribution in [0.5, 0.6) is 17.2 Å². The zero-order valence-corrected chi connectivity index (χ0v) is 17.6. The van der Waals surface area contributed by atoms with Gasteiger partial charge in [-0.15, -0.1) is 0 Å². The number of anilines is 1. The van der Waals surface area contributed by atoms with Crippen molar-refractivity contribution in [2.75, 3.05) is 12.4 Å².